The number of amides is 1. The number of hydrogen-bond acceptors (Lipinski definition) is 4. The Morgan fingerprint density at radius 3 is 2.23 bits per heavy atom. The smallest absolute Gasteiger partial charge is 0.410 e. The van der Waals surface area contributed by atoms with Gasteiger partial charge in [-0.1, -0.05) is 31.5 Å². The van der Waals surface area contributed by atoms with Crippen molar-refractivity contribution in [2.24, 2.45) is 11.3 Å². The van der Waals surface area contributed by atoms with Gasteiger partial charge in [-0.25, -0.2) is 4.79 Å². The monoisotopic (exact) mass is 419 g/mol. The van der Waals surface area contributed by atoms with Crippen LogP contribution in [0.1, 0.15) is 72.3 Å². The molecule has 0 bridgehead atoms. The fourth-order valence-electron chi connectivity index (χ4n) is 4.07. The van der Waals surface area contributed by atoms with Crippen LogP contribution in [0.25, 0.3) is 0 Å². The topological polar surface area (TPSA) is 55.8 Å². The quantitative estimate of drug-likeness (QED) is 0.547. The number of hydrogen-bond donors (Lipinski definition) is 0. The SMILES string of the molecule is C=O.CC.Cc1ccc(OCCCC2CC23CCN(C(=O)OC(C)(C)C)CC3)cc1. The predicted molar refractivity (Wildman–Crippen MR) is 122 cm³/mol. The van der Waals surface area contributed by atoms with Gasteiger partial charge in [0.15, 0.2) is 0 Å². The second-order valence-corrected chi connectivity index (χ2v) is 9.03. The van der Waals surface area contributed by atoms with Crippen LogP contribution in [0.15, 0.2) is 24.3 Å². The maximum absolute atomic E-state index is 12.2. The van der Waals surface area contributed by atoms with Crippen LogP contribution in [0.5, 0.6) is 5.75 Å². The zero-order valence-electron chi connectivity index (χ0n) is 19.8. The standard InChI is InChI=1S/C22H33NO3.C2H6.CH2O/c1-17-7-9-19(10-8-17)25-15-5-6-18-16-22(18)11-13-23(14-12-22)20(24)26-21(2,3)4;2*1-2/h7-10,18H,5-6,11-16H2,1-4H3;1-2H3;1H2. The molecular formula is C25H41NO4. The van der Waals surface area contributed by atoms with Crippen molar-refractivity contribution in [1.29, 1.82) is 0 Å². The lowest BCUT2D eigenvalue weighted by Crippen LogP contribution is -2.42. The van der Waals surface area contributed by atoms with Crippen molar-refractivity contribution in [2.75, 3.05) is 19.7 Å². The Kier molecular flexibility index (Phi) is 10.4. The minimum absolute atomic E-state index is 0.156. The summed E-state index contributed by atoms with van der Waals surface area (Å²) >= 11 is 0. The molecule has 0 aromatic heterocycles. The van der Waals surface area contributed by atoms with Gasteiger partial charge in [-0.15, -0.1) is 0 Å². The van der Waals surface area contributed by atoms with Crippen molar-refractivity contribution in [3.63, 3.8) is 0 Å². The second-order valence-electron chi connectivity index (χ2n) is 9.03. The largest absolute Gasteiger partial charge is 0.494 e. The lowest BCUT2D eigenvalue weighted by Gasteiger charge is -2.34. The molecule has 1 aliphatic heterocycles. The van der Waals surface area contributed by atoms with Crippen LogP contribution in [0.2, 0.25) is 0 Å². The Hall–Kier alpha value is -2.04. The van der Waals surface area contributed by atoms with Crippen LogP contribution in [0.4, 0.5) is 4.79 Å². The highest BCUT2D eigenvalue weighted by molar-refractivity contribution is 5.68. The summed E-state index contributed by atoms with van der Waals surface area (Å²) in [5.74, 6) is 1.77. The zero-order chi connectivity index (χ0) is 22.8. The highest BCUT2D eigenvalue weighted by Gasteiger charge is 2.54. The number of benzene rings is 1. The average molecular weight is 420 g/mol. The minimum atomic E-state index is -0.411. The summed E-state index contributed by atoms with van der Waals surface area (Å²) in [5.41, 5.74) is 1.34. The third kappa shape index (κ3) is 8.00. The van der Waals surface area contributed by atoms with E-state index in [-0.39, 0.29) is 6.09 Å². The summed E-state index contributed by atoms with van der Waals surface area (Å²) in [5, 5.41) is 0. The Morgan fingerprint density at radius 1 is 1.13 bits per heavy atom. The van der Waals surface area contributed by atoms with Gasteiger partial charge >= 0.3 is 6.09 Å². The number of ether oxygens (including phenoxy) is 2. The van der Waals surface area contributed by atoms with Crippen molar-refractivity contribution in [3.05, 3.63) is 29.8 Å². The lowest BCUT2D eigenvalue weighted by atomic mass is 9.90. The van der Waals surface area contributed by atoms with E-state index in [1.807, 2.05) is 58.4 Å². The summed E-state index contributed by atoms with van der Waals surface area (Å²) in [6.45, 7) is 16.3. The van der Waals surface area contributed by atoms with E-state index in [0.717, 1.165) is 50.6 Å². The van der Waals surface area contributed by atoms with Crippen LogP contribution in [0, 0.1) is 18.3 Å². The van der Waals surface area contributed by atoms with E-state index in [1.54, 1.807) is 0 Å². The van der Waals surface area contributed by atoms with E-state index in [1.165, 1.54) is 18.4 Å². The predicted octanol–water partition coefficient (Wildman–Crippen LogP) is 6.03. The lowest BCUT2D eigenvalue weighted by molar-refractivity contribution is -0.0980. The van der Waals surface area contributed by atoms with Gasteiger partial charge in [0.05, 0.1) is 6.61 Å². The molecule has 1 spiro atoms. The highest BCUT2D eigenvalue weighted by Crippen LogP contribution is 2.61. The molecule has 170 valence electrons. The Bertz CT molecular complexity index is 628. The number of carbonyl (C=O) groups excluding carboxylic acids is 2. The molecule has 1 aliphatic carbocycles. The highest BCUT2D eigenvalue weighted by atomic mass is 16.6. The summed E-state index contributed by atoms with van der Waals surface area (Å²) in [6.07, 6.45) is 5.75. The number of carbonyl (C=O) groups is 2. The van der Waals surface area contributed by atoms with Crippen molar-refractivity contribution in [3.8, 4) is 5.75 Å². The van der Waals surface area contributed by atoms with Gasteiger partial charge in [0.2, 0.25) is 0 Å². The van der Waals surface area contributed by atoms with Gasteiger partial charge < -0.3 is 19.2 Å². The number of nitrogens with zero attached hydrogens (tertiary/aromatic N) is 1. The molecule has 1 amide bonds. The summed E-state index contributed by atoms with van der Waals surface area (Å²) in [7, 11) is 0. The van der Waals surface area contributed by atoms with E-state index in [0.29, 0.717) is 5.41 Å². The molecule has 5 heteroatoms. The van der Waals surface area contributed by atoms with Gasteiger partial charge in [0.25, 0.3) is 0 Å². The molecule has 1 saturated carbocycles. The normalized spacial score (nSPS) is 19.0. The molecule has 30 heavy (non-hydrogen) atoms. The van der Waals surface area contributed by atoms with E-state index < -0.39 is 5.60 Å². The van der Waals surface area contributed by atoms with Crippen molar-refractivity contribution < 1.29 is 19.1 Å². The number of piperidine rings is 1. The first kappa shape index (κ1) is 26.0. The Labute approximate surface area is 183 Å². The fraction of sp³-hybridized carbons (Fsp3) is 0.680. The maximum Gasteiger partial charge on any atom is 0.410 e. The molecule has 1 atom stereocenters. The van der Waals surface area contributed by atoms with Crippen LogP contribution >= 0.6 is 0 Å². The summed E-state index contributed by atoms with van der Waals surface area (Å²) in [4.78, 5) is 22.1. The van der Waals surface area contributed by atoms with E-state index in [9.17, 15) is 4.79 Å². The first-order valence-electron chi connectivity index (χ1n) is 11.2. The molecule has 2 aliphatic rings. The third-order valence-corrected chi connectivity index (χ3v) is 5.76. The summed E-state index contributed by atoms with van der Waals surface area (Å²) < 4.78 is 11.3. The zero-order valence-corrected chi connectivity index (χ0v) is 19.8. The van der Waals surface area contributed by atoms with Crippen LogP contribution < -0.4 is 4.74 Å². The van der Waals surface area contributed by atoms with Crippen LogP contribution in [-0.2, 0) is 9.53 Å². The van der Waals surface area contributed by atoms with Crippen molar-refractivity contribution >= 4 is 12.9 Å². The van der Waals surface area contributed by atoms with E-state index in [4.69, 9.17) is 14.3 Å². The molecule has 1 aromatic carbocycles. The van der Waals surface area contributed by atoms with E-state index in [2.05, 4.69) is 19.1 Å². The number of rotatable bonds is 5. The average Bonchev–Trinajstić information content (AvgIpc) is 3.40. The molecule has 1 aromatic rings. The van der Waals surface area contributed by atoms with Gasteiger partial charge in [0.1, 0.15) is 18.1 Å². The number of likely N-dealkylation sites (tertiary alicyclic amines) is 1. The number of aryl methyl sites for hydroxylation is 1. The molecule has 1 saturated heterocycles. The van der Waals surface area contributed by atoms with Gasteiger partial charge in [-0.05, 0) is 83.3 Å². The minimum Gasteiger partial charge on any atom is -0.494 e. The van der Waals surface area contributed by atoms with E-state index >= 15 is 0 Å². The summed E-state index contributed by atoms with van der Waals surface area (Å²) in [6, 6.07) is 8.26. The van der Waals surface area contributed by atoms with Gasteiger partial charge in [-0.3, -0.25) is 0 Å². The van der Waals surface area contributed by atoms with Crippen molar-refractivity contribution in [1.82, 2.24) is 4.90 Å². The third-order valence-electron chi connectivity index (χ3n) is 5.76. The molecule has 3 rings (SSSR count). The first-order chi connectivity index (χ1) is 14.3. The second kappa shape index (κ2) is 12.0. The molecule has 1 heterocycles. The van der Waals surface area contributed by atoms with Gasteiger partial charge in [-0.2, -0.15) is 0 Å². The Balaban J connectivity index is 0.00000106. The fourth-order valence-corrected chi connectivity index (χ4v) is 4.07. The molecule has 1 unspecified atom stereocenters. The van der Waals surface area contributed by atoms with Crippen LogP contribution in [-0.4, -0.2) is 43.1 Å². The molecule has 5 nitrogen and oxygen atoms in total. The molecule has 2 fully saturated rings. The molecule has 0 N–H and O–H groups in total. The molecular weight excluding hydrogens is 378 g/mol. The Morgan fingerprint density at radius 2 is 1.70 bits per heavy atom. The van der Waals surface area contributed by atoms with Gasteiger partial charge in [0, 0.05) is 13.1 Å². The maximum atomic E-state index is 12.2. The first-order valence-corrected chi connectivity index (χ1v) is 11.2. The van der Waals surface area contributed by atoms with Crippen LogP contribution in [0.3, 0.4) is 0 Å². The molecule has 0 radical (unpaired) electrons. The van der Waals surface area contributed by atoms with Crippen molar-refractivity contribution in [2.45, 2.75) is 79.2 Å².